The van der Waals surface area contributed by atoms with Crippen LogP contribution in [0.5, 0.6) is 0 Å². The van der Waals surface area contributed by atoms with Crippen LogP contribution < -0.4 is 5.32 Å². The van der Waals surface area contributed by atoms with Gasteiger partial charge in [0.05, 0.1) is 43.4 Å². The first-order valence-corrected chi connectivity index (χ1v) is 14.9. The SMILES string of the molecule is O=C(C=CCN1CCOCC1)N1CCc2c(sc3ncnc(Nc4ccc5c(cnn5Cc5cccc(F)c5)c4)c23)C1. The maximum absolute atomic E-state index is 13.6. The minimum absolute atomic E-state index is 0.0436. The van der Waals surface area contributed by atoms with E-state index in [9.17, 15) is 9.18 Å². The van der Waals surface area contributed by atoms with Crippen molar-refractivity contribution >= 4 is 49.9 Å². The average molecular weight is 584 g/mol. The van der Waals surface area contributed by atoms with Crippen molar-refractivity contribution in [3.63, 3.8) is 0 Å². The minimum atomic E-state index is -0.252. The highest BCUT2D eigenvalue weighted by atomic mass is 32.1. The van der Waals surface area contributed by atoms with Gasteiger partial charge in [0.25, 0.3) is 0 Å². The van der Waals surface area contributed by atoms with Crippen LogP contribution in [-0.2, 0) is 29.0 Å². The molecule has 5 aromatic rings. The van der Waals surface area contributed by atoms with Crippen LogP contribution >= 0.6 is 11.3 Å². The van der Waals surface area contributed by atoms with Crippen molar-refractivity contribution in [3.05, 3.63) is 89.0 Å². The van der Waals surface area contributed by atoms with Crippen molar-refractivity contribution in [1.29, 1.82) is 0 Å². The maximum atomic E-state index is 13.6. The molecule has 11 heteroatoms. The molecule has 1 fully saturated rings. The molecule has 0 aliphatic carbocycles. The molecule has 0 radical (unpaired) electrons. The van der Waals surface area contributed by atoms with Crippen molar-refractivity contribution in [2.45, 2.75) is 19.5 Å². The van der Waals surface area contributed by atoms with Crippen molar-refractivity contribution in [1.82, 2.24) is 29.5 Å². The average Bonchev–Trinajstić information content (AvgIpc) is 3.58. The molecule has 0 spiro atoms. The third kappa shape index (κ3) is 5.50. The van der Waals surface area contributed by atoms with Crippen molar-refractivity contribution < 1.29 is 13.9 Å². The number of thiophene rings is 1. The van der Waals surface area contributed by atoms with E-state index in [4.69, 9.17) is 4.74 Å². The van der Waals surface area contributed by atoms with E-state index in [1.165, 1.54) is 17.7 Å². The number of hydrogen-bond donors (Lipinski definition) is 1. The van der Waals surface area contributed by atoms with Crippen LogP contribution in [0.4, 0.5) is 15.9 Å². The molecule has 0 atom stereocenters. The highest BCUT2D eigenvalue weighted by Crippen LogP contribution is 2.38. The number of halogens is 1. The number of carbonyl (C=O) groups excluding carboxylic acids is 1. The van der Waals surface area contributed by atoms with Gasteiger partial charge in [0, 0.05) is 48.2 Å². The number of amides is 1. The number of rotatable bonds is 7. The number of carbonyl (C=O) groups is 1. The lowest BCUT2D eigenvalue weighted by atomic mass is 10.0. The van der Waals surface area contributed by atoms with Gasteiger partial charge < -0.3 is 15.0 Å². The fraction of sp³-hybridized carbons (Fsp3) is 0.290. The molecule has 42 heavy (non-hydrogen) atoms. The van der Waals surface area contributed by atoms with Gasteiger partial charge >= 0.3 is 0 Å². The topological polar surface area (TPSA) is 88.4 Å². The fourth-order valence-electron chi connectivity index (χ4n) is 5.64. The standard InChI is InChI=1S/C31H30FN7O2S/c32-23-4-1-3-21(15-23)18-39-26-7-6-24(16-22(26)17-35-39)36-30-29-25-8-10-38(19-27(25)42-31(29)34-20-33-30)28(40)5-2-9-37-11-13-41-14-12-37/h1-7,15-17,20H,8-14,18-19H2,(H,33,34,36). The van der Waals surface area contributed by atoms with Crippen LogP contribution in [0.1, 0.15) is 16.0 Å². The molecule has 1 amide bonds. The Balaban J connectivity index is 1.07. The Bertz CT molecular complexity index is 1790. The Morgan fingerprint density at radius 3 is 2.90 bits per heavy atom. The molecule has 2 aliphatic rings. The van der Waals surface area contributed by atoms with Crippen molar-refractivity contribution in [2.75, 3.05) is 44.7 Å². The van der Waals surface area contributed by atoms with E-state index in [0.29, 0.717) is 19.6 Å². The second kappa shape index (κ2) is 11.6. The first-order chi connectivity index (χ1) is 20.6. The molecule has 1 N–H and O–H groups in total. The van der Waals surface area contributed by atoms with Gasteiger partial charge in [-0.15, -0.1) is 11.3 Å². The van der Waals surface area contributed by atoms with E-state index < -0.39 is 0 Å². The summed E-state index contributed by atoms with van der Waals surface area (Å²) in [6.45, 7) is 5.79. The van der Waals surface area contributed by atoms with Crippen LogP contribution in [-0.4, -0.2) is 74.8 Å². The van der Waals surface area contributed by atoms with Crippen LogP contribution in [0.15, 0.2) is 67.1 Å². The summed E-state index contributed by atoms with van der Waals surface area (Å²) in [5.74, 6) is 0.550. The number of hydrogen-bond acceptors (Lipinski definition) is 8. The van der Waals surface area contributed by atoms with E-state index in [-0.39, 0.29) is 11.7 Å². The van der Waals surface area contributed by atoms with Gasteiger partial charge in [-0.05, 0) is 47.9 Å². The van der Waals surface area contributed by atoms with Gasteiger partial charge in [-0.25, -0.2) is 14.4 Å². The van der Waals surface area contributed by atoms with Crippen LogP contribution in [0.2, 0.25) is 0 Å². The number of nitrogens with one attached hydrogen (secondary N) is 1. The summed E-state index contributed by atoms with van der Waals surface area (Å²) in [5, 5.41) is 10.0. The third-order valence-electron chi connectivity index (χ3n) is 7.80. The van der Waals surface area contributed by atoms with Gasteiger partial charge in [-0.1, -0.05) is 18.2 Å². The van der Waals surface area contributed by atoms with E-state index >= 15 is 0 Å². The summed E-state index contributed by atoms with van der Waals surface area (Å²) in [5.41, 5.74) is 3.93. The number of fused-ring (bicyclic) bond motifs is 4. The summed E-state index contributed by atoms with van der Waals surface area (Å²) in [7, 11) is 0. The van der Waals surface area contributed by atoms with Crippen LogP contribution in [0.25, 0.3) is 21.1 Å². The molecule has 2 aliphatic heterocycles. The molecule has 3 aromatic heterocycles. The second-order valence-corrected chi connectivity index (χ2v) is 11.6. The van der Waals surface area contributed by atoms with Gasteiger partial charge in [0.2, 0.25) is 5.91 Å². The molecule has 0 unspecified atom stereocenters. The number of anilines is 2. The Morgan fingerprint density at radius 2 is 2.02 bits per heavy atom. The maximum Gasteiger partial charge on any atom is 0.246 e. The highest BCUT2D eigenvalue weighted by molar-refractivity contribution is 7.19. The molecule has 9 nitrogen and oxygen atoms in total. The number of benzene rings is 2. The predicted octanol–water partition coefficient (Wildman–Crippen LogP) is 4.75. The number of aromatic nitrogens is 4. The first-order valence-electron chi connectivity index (χ1n) is 14.1. The molecule has 0 bridgehead atoms. The molecule has 0 saturated carbocycles. The monoisotopic (exact) mass is 583 g/mol. The highest BCUT2D eigenvalue weighted by Gasteiger charge is 2.25. The molecular formula is C31H30FN7O2S. The van der Waals surface area contributed by atoms with Crippen molar-refractivity contribution in [3.8, 4) is 0 Å². The van der Waals surface area contributed by atoms with E-state index in [2.05, 4.69) is 25.3 Å². The summed E-state index contributed by atoms with van der Waals surface area (Å²) in [4.78, 5) is 28.3. The Labute approximate surface area is 246 Å². The lowest BCUT2D eigenvalue weighted by molar-refractivity contribution is -0.126. The summed E-state index contributed by atoms with van der Waals surface area (Å²) in [6.07, 6.45) is 7.83. The second-order valence-electron chi connectivity index (χ2n) is 10.6. The lowest BCUT2D eigenvalue weighted by Gasteiger charge is -2.27. The molecule has 7 rings (SSSR count). The lowest BCUT2D eigenvalue weighted by Crippen LogP contribution is -2.37. The molecule has 2 aromatic carbocycles. The van der Waals surface area contributed by atoms with E-state index in [1.807, 2.05) is 46.1 Å². The van der Waals surface area contributed by atoms with Crippen molar-refractivity contribution in [2.24, 2.45) is 0 Å². The van der Waals surface area contributed by atoms with Gasteiger partial charge in [0.15, 0.2) is 0 Å². The predicted molar refractivity (Wildman–Crippen MR) is 161 cm³/mol. The zero-order valence-corrected chi connectivity index (χ0v) is 23.8. The summed E-state index contributed by atoms with van der Waals surface area (Å²) >= 11 is 1.63. The number of morpholine rings is 1. The quantitative estimate of drug-likeness (QED) is 0.277. The third-order valence-corrected chi connectivity index (χ3v) is 8.93. The smallest absolute Gasteiger partial charge is 0.246 e. The Kier molecular flexibility index (Phi) is 7.37. The normalized spacial score (nSPS) is 16.0. The van der Waals surface area contributed by atoms with Gasteiger partial charge in [-0.2, -0.15) is 5.10 Å². The molecule has 1 saturated heterocycles. The van der Waals surface area contributed by atoms with E-state index in [1.54, 1.807) is 29.8 Å². The van der Waals surface area contributed by atoms with Gasteiger partial charge in [-0.3, -0.25) is 14.4 Å². The first kappa shape index (κ1) is 26.7. The van der Waals surface area contributed by atoms with E-state index in [0.717, 1.165) is 82.3 Å². The molecule has 5 heterocycles. The number of nitrogens with zero attached hydrogens (tertiary/aromatic N) is 6. The largest absolute Gasteiger partial charge is 0.379 e. The molecule has 214 valence electrons. The molecular weight excluding hydrogens is 553 g/mol. The van der Waals surface area contributed by atoms with Crippen LogP contribution in [0.3, 0.4) is 0 Å². The Hall–Kier alpha value is -4.19. The number of ether oxygens (including phenoxy) is 1. The summed E-state index contributed by atoms with van der Waals surface area (Å²) in [6, 6.07) is 12.6. The summed E-state index contributed by atoms with van der Waals surface area (Å²) < 4.78 is 20.9. The Morgan fingerprint density at radius 1 is 1.12 bits per heavy atom. The zero-order valence-electron chi connectivity index (χ0n) is 23.0. The fourth-order valence-corrected chi connectivity index (χ4v) is 6.84. The van der Waals surface area contributed by atoms with Gasteiger partial charge in [0.1, 0.15) is 22.8 Å². The minimum Gasteiger partial charge on any atom is -0.379 e. The van der Waals surface area contributed by atoms with Crippen LogP contribution in [0, 0.1) is 5.82 Å². The zero-order chi connectivity index (χ0) is 28.5.